The molecule has 1 aromatic heterocycles. The summed E-state index contributed by atoms with van der Waals surface area (Å²) in [5.41, 5.74) is 2.27. The van der Waals surface area contributed by atoms with Gasteiger partial charge in [0, 0.05) is 30.7 Å². The molecule has 3 rings (SSSR count). The van der Waals surface area contributed by atoms with Crippen LogP contribution in [0.4, 0.5) is 11.4 Å². The van der Waals surface area contributed by atoms with E-state index >= 15 is 0 Å². The largest absolute Gasteiger partial charge is 0.355 e. The second-order valence-electron chi connectivity index (χ2n) is 6.22. The van der Waals surface area contributed by atoms with Gasteiger partial charge in [0.1, 0.15) is 5.69 Å². The molecule has 1 aromatic carbocycles. The number of amides is 1. The van der Waals surface area contributed by atoms with Crippen LogP contribution in [0.2, 0.25) is 0 Å². The number of hydrogen-bond acceptors (Lipinski definition) is 6. The van der Waals surface area contributed by atoms with Crippen LogP contribution in [0, 0.1) is 11.3 Å². The maximum atomic E-state index is 12.6. The van der Waals surface area contributed by atoms with E-state index in [-0.39, 0.29) is 29.1 Å². The van der Waals surface area contributed by atoms with Crippen molar-refractivity contribution < 1.29 is 13.2 Å². The van der Waals surface area contributed by atoms with Crippen molar-refractivity contribution in [3.05, 3.63) is 53.9 Å². The van der Waals surface area contributed by atoms with Crippen molar-refractivity contribution in [1.82, 2.24) is 9.88 Å². The highest BCUT2D eigenvalue weighted by atomic mass is 32.2. The molecular weight excluding hydrogens is 352 g/mol. The molecule has 7 nitrogen and oxygen atoms in total. The van der Waals surface area contributed by atoms with Gasteiger partial charge in [-0.1, -0.05) is 0 Å². The maximum absolute atomic E-state index is 12.6. The van der Waals surface area contributed by atoms with Crippen molar-refractivity contribution >= 4 is 27.1 Å². The Morgan fingerprint density at radius 1 is 1.27 bits per heavy atom. The normalized spacial score (nSPS) is 18.1. The molecule has 0 saturated carbocycles. The Morgan fingerprint density at radius 2 is 2.00 bits per heavy atom. The number of sulfone groups is 1. The van der Waals surface area contributed by atoms with E-state index in [1.54, 1.807) is 43.4 Å². The SMILES string of the molecule is CN(C(=O)c1cc(Nc2ccc(C#N)cc2)ccn1)C1CCS(=O)(=O)C1. The van der Waals surface area contributed by atoms with Crippen LogP contribution in [0.25, 0.3) is 0 Å². The Kier molecular flexibility index (Phi) is 4.91. The first kappa shape index (κ1) is 17.9. The van der Waals surface area contributed by atoms with Crippen LogP contribution >= 0.6 is 0 Å². The number of nitrogens with one attached hydrogen (secondary N) is 1. The van der Waals surface area contributed by atoms with E-state index in [1.165, 1.54) is 11.1 Å². The summed E-state index contributed by atoms with van der Waals surface area (Å²) in [6, 6.07) is 12.0. The van der Waals surface area contributed by atoms with E-state index < -0.39 is 9.84 Å². The summed E-state index contributed by atoms with van der Waals surface area (Å²) in [5.74, 6) is -0.197. The smallest absolute Gasteiger partial charge is 0.272 e. The standard InChI is InChI=1S/C18H18N4O3S/c1-22(16-7-9-26(24,25)12-16)18(23)17-10-15(6-8-20-17)21-14-4-2-13(11-19)3-5-14/h2-6,8,10,16H,7,9,12H2,1H3,(H,20,21). The van der Waals surface area contributed by atoms with Crippen molar-refractivity contribution in [3.8, 4) is 6.07 Å². The fraction of sp³-hybridized carbons (Fsp3) is 0.278. The zero-order valence-corrected chi connectivity index (χ0v) is 15.0. The molecule has 2 heterocycles. The quantitative estimate of drug-likeness (QED) is 0.882. The predicted octanol–water partition coefficient (Wildman–Crippen LogP) is 1.96. The van der Waals surface area contributed by atoms with Crippen LogP contribution in [-0.2, 0) is 9.84 Å². The summed E-state index contributed by atoms with van der Waals surface area (Å²) in [5, 5.41) is 12.0. The Labute approximate surface area is 152 Å². The lowest BCUT2D eigenvalue weighted by molar-refractivity contribution is 0.0742. The van der Waals surface area contributed by atoms with Gasteiger partial charge in [0.2, 0.25) is 0 Å². The third-order valence-corrected chi connectivity index (χ3v) is 6.11. The Balaban J connectivity index is 1.73. The van der Waals surface area contributed by atoms with Crippen molar-refractivity contribution in [3.63, 3.8) is 0 Å². The highest BCUT2D eigenvalue weighted by molar-refractivity contribution is 7.91. The molecule has 1 amide bonds. The Bertz CT molecular complexity index is 965. The number of pyridine rings is 1. The van der Waals surface area contributed by atoms with E-state index in [0.29, 0.717) is 17.7 Å². The van der Waals surface area contributed by atoms with Gasteiger partial charge in [0.25, 0.3) is 5.91 Å². The number of benzene rings is 1. The number of anilines is 2. The van der Waals surface area contributed by atoms with E-state index in [0.717, 1.165) is 5.69 Å². The van der Waals surface area contributed by atoms with Crippen LogP contribution in [0.1, 0.15) is 22.5 Å². The molecule has 1 unspecified atom stereocenters. The summed E-state index contributed by atoms with van der Waals surface area (Å²) < 4.78 is 23.2. The molecule has 1 N–H and O–H groups in total. The molecule has 1 fully saturated rings. The molecule has 2 aromatic rings. The fourth-order valence-corrected chi connectivity index (χ4v) is 4.62. The zero-order chi connectivity index (χ0) is 18.7. The van der Waals surface area contributed by atoms with Crippen LogP contribution in [0.5, 0.6) is 0 Å². The van der Waals surface area contributed by atoms with E-state index in [1.807, 2.05) is 0 Å². The summed E-state index contributed by atoms with van der Waals surface area (Å²) in [6.45, 7) is 0. The molecule has 1 saturated heterocycles. The lowest BCUT2D eigenvalue weighted by Gasteiger charge is -2.23. The molecule has 1 aliphatic heterocycles. The fourth-order valence-electron chi connectivity index (χ4n) is 2.85. The molecule has 1 aliphatic rings. The predicted molar refractivity (Wildman–Crippen MR) is 97.8 cm³/mol. The topological polar surface area (TPSA) is 103 Å². The van der Waals surface area contributed by atoms with Gasteiger partial charge < -0.3 is 10.2 Å². The van der Waals surface area contributed by atoms with Crippen LogP contribution in [0.3, 0.4) is 0 Å². The minimum Gasteiger partial charge on any atom is -0.355 e. The summed E-state index contributed by atoms with van der Waals surface area (Å²) >= 11 is 0. The van der Waals surface area contributed by atoms with Gasteiger partial charge in [0.05, 0.1) is 23.1 Å². The molecule has 8 heteroatoms. The minimum absolute atomic E-state index is 0.00157. The van der Waals surface area contributed by atoms with Gasteiger partial charge in [0.15, 0.2) is 9.84 Å². The monoisotopic (exact) mass is 370 g/mol. The molecule has 0 spiro atoms. The Morgan fingerprint density at radius 3 is 2.62 bits per heavy atom. The van der Waals surface area contributed by atoms with Gasteiger partial charge in [-0.25, -0.2) is 8.42 Å². The van der Waals surface area contributed by atoms with Gasteiger partial charge >= 0.3 is 0 Å². The van der Waals surface area contributed by atoms with Crippen molar-refractivity contribution in [2.75, 3.05) is 23.9 Å². The molecular formula is C18H18N4O3S. The molecule has 0 radical (unpaired) electrons. The maximum Gasteiger partial charge on any atom is 0.272 e. The highest BCUT2D eigenvalue weighted by Gasteiger charge is 2.33. The molecule has 134 valence electrons. The summed E-state index contributed by atoms with van der Waals surface area (Å²) in [6.07, 6.45) is 1.98. The average molecular weight is 370 g/mol. The molecule has 1 atom stereocenters. The van der Waals surface area contributed by atoms with E-state index in [9.17, 15) is 13.2 Å². The van der Waals surface area contributed by atoms with Crippen molar-refractivity contribution in [1.29, 1.82) is 5.26 Å². The lowest BCUT2D eigenvalue weighted by Crippen LogP contribution is -2.38. The minimum atomic E-state index is -3.06. The van der Waals surface area contributed by atoms with Crippen molar-refractivity contribution in [2.45, 2.75) is 12.5 Å². The van der Waals surface area contributed by atoms with Crippen LogP contribution in [0.15, 0.2) is 42.6 Å². The van der Waals surface area contributed by atoms with Gasteiger partial charge in [-0.3, -0.25) is 9.78 Å². The summed E-state index contributed by atoms with van der Waals surface area (Å²) in [7, 11) is -1.45. The number of aromatic nitrogens is 1. The third kappa shape index (κ3) is 4.00. The number of carbonyl (C=O) groups excluding carboxylic acids is 1. The number of nitriles is 1. The van der Waals surface area contributed by atoms with Gasteiger partial charge in [-0.2, -0.15) is 5.26 Å². The average Bonchev–Trinajstić information content (AvgIpc) is 3.01. The molecule has 0 bridgehead atoms. The molecule has 0 aliphatic carbocycles. The molecule has 26 heavy (non-hydrogen) atoms. The second kappa shape index (κ2) is 7.14. The lowest BCUT2D eigenvalue weighted by atomic mass is 10.2. The third-order valence-electron chi connectivity index (χ3n) is 4.36. The van der Waals surface area contributed by atoms with Crippen LogP contribution in [-0.4, -0.2) is 48.8 Å². The zero-order valence-electron chi connectivity index (χ0n) is 14.2. The number of hydrogen-bond donors (Lipinski definition) is 1. The van der Waals surface area contributed by atoms with Crippen molar-refractivity contribution in [2.24, 2.45) is 0 Å². The number of rotatable bonds is 4. The van der Waals surface area contributed by atoms with E-state index in [2.05, 4.69) is 16.4 Å². The Hall–Kier alpha value is -2.92. The first-order valence-electron chi connectivity index (χ1n) is 8.09. The number of nitrogens with zero attached hydrogens (tertiary/aromatic N) is 3. The highest BCUT2D eigenvalue weighted by Crippen LogP contribution is 2.21. The summed E-state index contributed by atoms with van der Waals surface area (Å²) in [4.78, 5) is 18.2. The van der Waals surface area contributed by atoms with Gasteiger partial charge in [-0.05, 0) is 42.8 Å². The second-order valence-corrected chi connectivity index (χ2v) is 8.45. The van der Waals surface area contributed by atoms with E-state index in [4.69, 9.17) is 5.26 Å². The first-order chi connectivity index (χ1) is 12.4. The number of carbonyl (C=O) groups is 1. The first-order valence-corrected chi connectivity index (χ1v) is 9.91. The van der Waals surface area contributed by atoms with Gasteiger partial charge in [-0.15, -0.1) is 0 Å². The van der Waals surface area contributed by atoms with Crippen LogP contribution < -0.4 is 5.32 Å².